The first-order chi connectivity index (χ1) is 17.4. The van der Waals surface area contributed by atoms with Crippen LogP contribution in [0, 0.1) is 0 Å². The van der Waals surface area contributed by atoms with Crippen LogP contribution in [0.3, 0.4) is 0 Å². The van der Waals surface area contributed by atoms with E-state index >= 15 is 0 Å². The summed E-state index contributed by atoms with van der Waals surface area (Å²) >= 11 is 0. The maximum Gasteiger partial charge on any atom is 0.241 e. The number of carbonyl (C=O) groups is 1. The standard InChI is InChI=1S/C28H32N4O3S/c1-2-6-21-11-13-26(14-12-21)36(34,35)31-27(18-22-7-5-8-23(17-22)19-30-29)28(33)32-16-15-24-9-3-4-10-25(24)20-32/h3-5,7-14,17,19,27,31H,2,6,15-16,18,20,29H2,1H3/b30-19+/t27-/m0/s1. The van der Waals surface area contributed by atoms with Gasteiger partial charge in [0.1, 0.15) is 6.04 Å². The fraction of sp³-hybridized carbons (Fsp3) is 0.286. The molecule has 3 N–H and O–H groups in total. The molecule has 36 heavy (non-hydrogen) atoms. The van der Waals surface area contributed by atoms with Crippen LogP contribution in [0.15, 0.2) is 82.8 Å². The molecule has 8 heteroatoms. The third kappa shape index (κ3) is 6.19. The molecule has 0 unspecified atom stereocenters. The van der Waals surface area contributed by atoms with Gasteiger partial charge in [0.05, 0.1) is 11.1 Å². The topological polar surface area (TPSA) is 105 Å². The van der Waals surface area contributed by atoms with Gasteiger partial charge in [0.15, 0.2) is 0 Å². The molecule has 1 amide bonds. The molecule has 0 saturated carbocycles. The summed E-state index contributed by atoms with van der Waals surface area (Å²) in [6.07, 6.45) is 4.32. The molecule has 0 aromatic heterocycles. The Balaban J connectivity index is 1.61. The number of hydrogen-bond acceptors (Lipinski definition) is 5. The van der Waals surface area contributed by atoms with Crippen LogP contribution in [-0.2, 0) is 40.6 Å². The lowest BCUT2D eigenvalue weighted by molar-refractivity contribution is -0.133. The first-order valence-corrected chi connectivity index (χ1v) is 13.7. The van der Waals surface area contributed by atoms with Crippen LogP contribution in [0.5, 0.6) is 0 Å². The highest BCUT2D eigenvalue weighted by Gasteiger charge is 2.31. The van der Waals surface area contributed by atoms with Crippen LogP contribution < -0.4 is 10.6 Å². The number of aryl methyl sites for hydroxylation is 1. The molecular formula is C28H32N4O3S. The number of nitrogens with two attached hydrogens (primary N) is 1. The normalized spacial score (nSPS) is 14.5. The van der Waals surface area contributed by atoms with E-state index in [-0.39, 0.29) is 17.2 Å². The molecule has 0 fully saturated rings. The summed E-state index contributed by atoms with van der Waals surface area (Å²) in [6, 6.07) is 21.4. The minimum absolute atomic E-state index is 0.146. The van der Waals surface area contributed by atoms with Gasteiger partial charge in [-0.25, -0.2) is 8.42 Å². The maximum atomic E-state index is 13.7. The number of hydrogen-bond donors (Lipinski definition) is 2. The molecule has 3 aromatic carbocycles. The molecule has 4 rings (SSSR count). The Kier molecular flexibility index (Phi) is 8.18. The molecule has 0 radical (unpaired) electrons. The Morgan fingerprint density at radius 3 is 2.53 bits per heavy atom. The van der Waals surface area contributed by atoms with Gasteiger partial charge in [0.2, 0.25) is 15.9 Å². The monoisotopic (exact) mass is 504 g/mol. The largest absolute Gasteiger partial charge is 0.337 e. The van der Waals surface area contributed by atoms with Crippen LogP contribution in [0.2, 0.25) is 0 Å². The Morgan fingerprint density at radius 1 is 1.06 bits per heavy atom. The van der Waals surface area contributed by atoms with Crippen molar-refractivity contribution in [2.75, 3.05) is 6.54 Å². The smallest absolute Gasteiger partial charge is 0.241 e. The number of amides is 1. The number of sulfonamides is 1. The highest BCUT2D eigenvalue weighted by molar-refractivity contribution is 7.89. The zero-order valence-electron chi connectivity index (χ0n) is 20.4. The van der Waals surface area contributed by atoms with E-state index in [0.717, 1.165) is 41.5 Å². The van der Waals surface area contributed by atoms with E-state index in [0.29, 0.717) is 13.1 Å². The first-order valence-electron chi connectivity index (χ1n) is 12.2. The second-order valence-corrected chi connectivity index (χ2v) is 10.8. The van der Waals surface area contributed by atoms with Crippen LogP contribution in [0.4, 0.5) is 0 Å². The third-order valence-electron chi connectivity index (χ3n) is 6.42. The molecule has 1 atom stereocenters. The van der Waals surface area contributed by atoms with Crippen molar-refractivity contribution < 1.29 is 13.2 Å². The van der Waals surface area contributed by atoms with Gasteiger partial charge in [-0.15, -0.1) is 0 Å². The summed E-state index contributed by atoms with van der Waals surface area (Å²) in [4.78, 5) is 15.6. The Bertz CT molecular complexity index is 1340. The predicted octanol–water partition coefficient (Wildman–Crippen LogP) is 3.41. The summed E-state index contributed by atoms with van der Waals surface area (Å²) in [6.45, 7) is 3.08. The van der Waals surface area contributed by atoms with Gasteiger partial charge in [-0.3, -0.25) is 4.79 Å². The SMILES string of the molecule is CCCc1ccc(S(=O)(=O)N[C@@H](Cc2cccc(/C=N/N)c2)C(=O)N2CCc3ccccc3C2)cc1. The zero-order chi connectivity index (χ0) is 25.5. The quantitative estimate of drug-likeness (QED) is 0.265. The van der Waals surface area contributed by atoms with Crippen molar-refractivity contribution in [2.45, 2.75) is 50.1 Å². The Morgan fingerprint density at radius 2 is 1.81 bits per heavy atom. The number of carbonyl (C=O) groups excluding carboxylic acids is 1. The van der Waals surface area contributed by atoms with E-state index in [9.17, 15) is 13.2 Å². The zero-order valence-corrected chi connectivity index (χ0v) is 21.2. The van der Waals surface area contributed by atoms with Crippen molar-refractivity contribution in [1.82, 2.24) is 9.62 Å². The number of nitrogens with zero attached hydrogens (tertiary/aromatic N) is 2. The molecule has 1 aliphatic rings. The van der Waals surface area contributed by atoms with Gasteiger partial charge in [-0.2, -0.15) is 9.82 Å². The van der Waals surface area contributed by atoms with Gasteiger partial charge >= 0.3 is 0 Å². The molecule has 1 aliphatic heterocycles. The number of benzene rings is 3. The van der Waals surface area contributed by atoms with Crippen LogP contribution >= 0.6 is 0 Å². The van der Waals surface area contributed by atoms with Gasteiger partial charge in [0, 0.05) is 13.1 Å². The molecule has 0 saturated heterocycles. The number of hydrazone groups is 1. The summed E-state index contributed by atoms with van der Waals surface area (Å²) < 4.78 is 29.4. The molecular weight excluding hydrogens is 472 g/mol. The van der Waals surface area contributed by atoms with Gasteiger partial charge in [-0.05, 0) is 59.2 Å². The van der Waals surface area contributed by atoms with Crippen molar-refractivity contribution in [2.24, 2.45) is 10.9 Å². The molecule has 1 heterocycles. The lowest BCUT2D eigenvalue weighted by Gasteiger charge is -2.32. The number of rotatable bonds is 9. The minimum Gasteiger partial charge on any atom is -0.337 e. The minimum atomic E-state index is -3.92. The Hall–Kier alpha value is -3.49. The van der Waals surface area contributed by atoms with E-state index in [1.54, 1.807) is 17.0 Å². The molecule has 0 aliphatic carbocycles. The van der Waals surface area contributed by atoms with Gasteiger partial charge in [-0.1, -0.05) is 74.0 Å². The van der Waals surface area contributed by atoms with Crippen molar-refractivity contribution >= 4 is 22.1 Å². The van der Waals surface area contributed by atoms with Crippen molar-refractivity contribution in [1.29, 1.82) is 0 Å². The third-order valence-corrected chi connectivity index (χ3v) is 7.91. The highest BCUT2D eigenvalue weighted by atomic mass is 32.2. The Labute approximate surface area is 213 Å². The van der Waals surface area contributed by atoms with E-state index < -0.39 is 16.1 Å². The fourth-order valence-electron chi connectivity index (χ4n) is 4.59. The van der Waals surface area contributed by atoms with E-state index in [1.165, 1.54) is 11.8 Å². The summed E-state index contributed by atoms with van der Waals surface area (Å²) in [5, 5.41) is 3.56. The maximum absolute atomic E-state index is 13.7. The van der Waals surface area contributed by atoms with Crippen LogP contribution in [0.1, 0.15) is 41.2 Å². The lowest BCUT2D eigenvalue weighted by atomic mass is 9.98. The summed E-state index contributed by atoms with van der Waals surface area (Å²) in [5.41, 5.74) is 4.98. The average Bonchev–Trinajstić information content (AvgIpc) is 2.88. The number of fused-ring (bicyclic) bond motifs is 1. The van der Waals surface area contributed by atoms with Crippen molar-refractivity contribution in [3.05, 3.63) is 101 Å². The number of nitrogens with one attached hydrogen (secondary N) is 1. The van der Waals surface area contributed by atoms with Gasteiger partial charge in [0.25, 0.3) is 0 Å². The summed E-state index contributed by atoms with van der Waals surface area (Å²) in [5.74, 6) is 5.05. The van der Waals surface area contributed by atoms with E-state index in [4.69, 9.17) is 5.84 Å². The van der Waals surface area contributed by atoms with Crippen molar-refractivity contribution in [3.63, 3.8) is 0 Å². The second-order valence-electron chi connectivity index (χ2n) is 9.07. The van der Waals surface area contributed by atoms with E-state index in [1.807, 2.05) is 54.6 Å². The highest BCUT2D eigenvalue weighted by Crippen LogP contribution is 2.21. The lowest BCUT2D eigenvalue weighted by Crippen LogP contribution is -2.50. The summed E-state index contributed by atoms with van der Waals surface area (Å²) in [7, 11) is -3.92. The molecule has 188 valence electrons. The van der Waals surface area contributed by atoms with Crippen LogP contribution in [0.25, 0.3) is 0 Å². The molecule has 3 aromatic rings. The van der Waals surface area contributed by atoms with Crippen LogP contribution in [-0.4, -0.2) is 38.0 Å². The molecule has 0 spiro atoms. The van der Waals surface area contributed by atoms with E-state index in [2.05, 4.69) is 22.8 Å². The average molecular weight is 505 g/mol. The predicted molar refractivity (Wildman–Crippen MR) is 142 cm³/mol. The molecule has 0 bridgehead atoms. The fourth-order valence-corrected chi connectivity index (χ4v) is 5.77. The first kappa shape index (κ1) is 25.6. The van der Waals surface area contributed by atoms with Gasteiger partial charge < -0.3 is 10.7 Å². The molecule has 7 nitrogen and oxygen atoms in total. The van der Waals surface area contributed by atoms with Crippen molar-refractivity contribution in [3.8, 4) is 0 Å². The second kappa shape index (κ2) is 11.5.